The Balaban J connectivity index is 1.75. The number of hydrogen-bond donors (Lipinski definition) is 1. The first-order valence-corrected chi connectivity index (χ1v) is 8.57. The van der Waals surface area contributed by atoms with Crippen LogP contribution in [-0.2, 0) is 6.42 Å². The molecule has 0 radical (unpaired) electrons. The summed E-state index contributed by atoms with van der Waals surface area (Å²) in [6, 6.07) is 3.02. The van der Waals surface area contributed by atoms with Crippen LogP contribution in [0.5, 0.6) is 0 Å². The Morgan fingerprint density at radius 2 is 2.22 bits per heavy atom. The van der Waals surface area contributed by atoms with Gasteiger partial charge in [-0.05, 0) is 60.5 Å². The van der Waals surface area contributed by atoms with Gasteiger partial charge in [0.25, 0.3) is 0 Å². The maximum absolute atomic E-state index is 3.76. The predicted octanol–water partition coefficient (Wildman–Crippen LogP) is 4.63. The lowest BCUT2D eigenvalue weighted by atomic mass is 9.94. The summed E-state index contributed by atoms with van der Waals surface area (Å²) >= 11 is 1.82. The summed E-state index contributed by atoms with van der Waals surface area (Å²) < 4.78 is 0. The minimum absolute atomic E-state index is 0.743. The minimum Gasteiger partial charge on any atom is -0.314 e. The smallest absolute Gasteiger partial charge is 0.00728 e. The molecule has 0 aromatic carbocycles. The summed E-state index contributed by atoms with van der Waals surface area (Å²) in [5.41, 5.74) is 1.52. The van der Waals surface area contributed by atoms with E-state index in [1.54, 1.807) is 0 Å². The van der Waals surface area contributed by atoms with Crippen molar-refractivity contribution in [2.75, 3.05) is 6.54 Å². The van der Waals surface area contributed by atoms with Crippen molar-refractivity contribution < 1.29 is 0 Å². The van der Waals surface area contributed by atoms with Crippen molar-refractivity contribution in [2.24, 2.45) is 5.92 Å². The molecule has 1 aliphatic rings. The van der Waals surface area contributed by atoms with E-state index in [1.807, 2.05) is 11.3 Å². The molecule has 1 nitrogen and oxygen atoms in total. The third-order valence-electron chi connectivity index (χ3n) is 4.14. The molecular weight excluding hydrogens is 238 g/mol. The van der Waals surface area contributed by atoms with Crippen LogP contribution in [-0.4, -0.2) is 12.6 Å². The highest BCUT2D eigenvalue weighted by molar-refractivity contribution is 7.07. The van der Waals surface area contributed by atoms with Crippen LogP contribution < -0.4 is 5.32 Å². The van der Waals surface area contributed by atoms with Crippen molar-refractivity contribution in [1.29, 1.82) is 0 Å². The average Bonchev–Trinajstić information content (AvgIpc) is 3.05. The van der Waals surface area contributed by atoms with Crippen molar-refractivity contribution in [1.82, 2.24) is 5.32 Å². The van der Waals surface area contributed by atoms with Gasteiger partial charge in [-0.3, -0.25) is 0 Å². The van der Waals surface area contributed by atoms with Crippen molar-refractivity contribution in [2.45, 2.75) is 64.3 Å². The third-order valence-corrected chi connectivity index (χ3v) is 4.87. The molecule has 1 aliphatic carbocycles. The quantitative estimate of drug-likeness (QED) is 0.722. The van der Waals surface area contributed by atoms with E-state index >= 15 is 0 Å². The Kier molecular flexibility index (Phi) is 6.22. The zero-order chi connectivity index (χ0) is 12.6. The van der Waals surface area contributed by atoms with Crippen LogP contribution in [0.4, 0.5) is 0 Å². The molecule has 0 spiro atoms. The van der Waals surface area contributed by atoms with Gasteiger partial charge in [-0.15, -0.1) is 0 Å². The summed E-state index contributed by atoms with van der Waals surface area (Å²) in [7, 11) is 0. The highest BCUT2D eigenvalue weighted by Gasteiger charge is 2.19. The average molecular weight is 265 g/mol. The standard InChI is InChI=1S/C16H27NS/c1-2-10-17-16(12-14-5-3-4-6-14)8-7-15-9-11-18-13-15/h9,11,13-14,16-17H,2-8,10,12H2,1H3. The first-order valence-electron chi connectivity index (χ1n) is 7.63. The van der Waals surface area contributed by atoms with Crippen molar-refractivity contribution >= 4 is 11.3 Å². The molecule has 0 saturated heterocycles. The molecule has 1 aromatic rings. The Morgan fingerprint density at radius 3 is 2.89 bits per heavy atom. The van der Waals surface area contributed by atoms with Gasteiger partial charge in [0.1, 0.15) is 0 Å². The van der Waals surface area contributed by atoms with Gasteiger partial charge in [0.15, 0.2) is 0 Å². The number of hydrogen-bond acceptors (Lipinski definition) is 2. The van der Waals surface area contributed by atoms with Crippen molar-refractivity contribution in [3.05, 3.63) is 22.4 Å². The first kappa shape index (κ1) is 14.1. The summed E-state index contributed by atoms with van der Waals surface area (Å²) in [6.07, 6.45) is 11.1. The summed E-state index contributed by atoms with van der Waals surface area (Å²) in [5, 5.41) is 8.26. The van der Waals surface area contributed by atoms with E-state index in [0.717, 1.165) is 12.0 Å². The fourth-order valence-corrected chi connectivity index (χ4v) is 3.78. The van der Waals surface area contributed by atoms with Crippen LogP contribution in [0.1, 0.15) is 57.4 Å². The van der Waals surface area contributed by atoms with Gasteiger partial charge >= 0.3 is 0 Å². The highest BCUT2D eigenvalue weighted by Crippen LogP contribution is 2.29. The second kappa shape index (κ2) is 7.96. The summed E-state index contributed by atoms with van der Waals surface area (Å²) in [5.74, 6) is 1.00. The van der Waals surface area contributed by atoms with Gasteiger partial charge in [-0.25, -0.2) is 0 Å². The molecule has 1 saturated carbocycles. The van der Waals surface area contributed by atoms with E-state index in [-0.39, 0.29) is 0 Å². The molecule has 1 aromatic heterocycles. The number of thiophene rings is 1. The lowest BCUT2D eigenvalue weighted by molar-refractivity contribution is 0.371. The van der Waals surface area contributed by atoms with E-state index in [9.17, 15) is 0 Å². The molecule has 1 N–H and O–H groups in total. The van der Waals surface area contributed by atoms with Crippen LogP contribution in [0, 0.1) is 5.92 Å². The molecule has 0 bridgehead atoms. The molecule has 102 valence electrons. The third kappa shape index (κ3) is 4.74. The van der Waals surface area contributed by atoms with Crippen LogP contribution >= 0.6 is 11.3 Å². The lowest BCUT2D eigenvalue weighted by Gasteiger charge is -2.21. The van der Waals surface area contributed by atoms with Crippen molar-refractivity contribution in [3.8, 4) is 0 Å². The van der Waals surface area contributed by atoms with Gasteiger partial charge in [-0.1, -0.05) is 32.6 Å². The van der Waals surface area contributed by atoms with Crippen LogP contribution in [0.15, 0.2) is 16.8 Å². The van der Waals surface area contributed by atoms with E-state index in [0.29, 0.717) is 0 Å². The topological polar surface area (TPSA) is 12.0 Å². The molecule has 2 heteroatoms. The SMILES string of the molecule is CCCNC(CCc1ccsc1)CC1CCCC1. The highest BCUT2D eigenvalue weighted by atomic mass is 32.1. The first-order chi connectivity index (χ1) is 8.88. The van der Waals surface area contributed by atoms with Crippen LogP contribution in [0.3, 0.4) is 0 Å². The molecule has 1 heterocycles. The minimum atomic E-state index is 0.743. The molecular formula is C16H27NS. The van der Waals surface area contributed by atoms with Gasteiger partial charge in [0.2, 0.25) is 0 Å². The molecule has 0 amide bonds. The fraction of sp³-hybridized carbons (Fsp3) is 0.750. The molecule has 0 aliphatic heterocycles. The fourth-order valence-electron chi connectivity index (χ4n) is 3.08. The van der Waals surface area contributed by atoms with E-state index in [2.05, 4.69) is 29.1 Å². The largest absolute Gasteiger partial charge is 0.314 e. The predicted molar refractivity (Wildman–Crippen MR) is 81.3 cm³/mol. The number of nitrogens with one attached hydrogen (secondary N) is 1. The van der Waals surface area contributed by atoms with Gasteiger partial charge < -0.3 is 5.32 Å². The zero-order valence-corrected chi connectivity index (χ0v) is 12.5. The molecule has 1 unspecified atom stereocenters. The van der Waals surface area contributed by atoms with Gasteiger partial charge in [0.05, 0.1) is 0 Å². The lowest BCUT2D eigenvalue weighted by Crippen LogP contribution is -2.32. The molecule has 1 atom stereocenters. The molecule has 18 heavy (non-hydrogen) atoms. The maximum atomic E-state index is 3.76. The number of aryl methyl sites for hydroxylation is 1. The van der Waals surface area contributed by atoms with Crippen molar-refractivity contribution in [3.63, 3.8) is 0 Å². The Bertz CT molecular complexity index is 301. The normalized spacial score (nSPS) is 18.3. The van der Waals surface area contributed by atoms with E-state index in [4.69, 9.17) is 0 Å². The van der Waals surface area contributed by atoms with Crippen LogP contribution in [0.25, 0.3) is 0 Å². The second-order valence-corrected chi connectivity index (χ2v) is 6.49. The molecule has 1 fully saturated rings. The Hall–Kier alpha value is -0.340. The number of rotatable bonds is 8. The zero-order valence-electron chi connectivity index (χ0n) is 11.7. The molecule has 2 rings (SSSR count). The maximum Gasteiger partial charge on any atom is 0.00728 e. The summed E-state index contributed by atoms with van der Waals surface area (Å²) in [6.45, 7) is 3.44. The van der Waals surface area contributed by atoms with Gasteiger partial charge in [-0.2, -0.15) is 11.3 Å². The van der Waals surface area contributed by atoms with Gasteiger partial charge in [0, 0.05) is 6.04 Å². The summed E-state index contributed by atoms with van der Waals surface area (Å²) in [4.78, 5) is 0. The van der Waals surface area contributed by atoms with E-state index in [1.165, 1.54) is 63.5 Å². The Labute approximate surface area is 116 Å². The Morgan fingerprint density at radius 1 is 1.39 bits per heavy atom. The van der Waals surface area contributed by atoms with Crippen LogP contribution in [0.2, 0.25) is 0 Å². The monoisotopic (exact) mass is 265 g/mol. The second-order valence-electron chi connectivity index (χ2n) is 5.71. The van der Waals surface area contributed by atoms with E-state index < -0.39 is 0 Å².